The van der Waals surface area contributed by atoms with Crippen molar-refractivity contribution in [2.24, 2.45) is 0 Å². The highest BCUT2D eigenvalue weighted by atomic mass is 127. The highest BCUT2D eigenvalue weighted by Gasteiger charge is 2.16. The predicted molar refractivity (Wildman–Crippen MR) is 60.9 cm³/mol. The monoisotopic (exact) mass is 321 g/mol. The summed E-state index contributed by atoms with van der Waals surface area (Å²) in [5.74, 6) is -1.75. The van der Waals surface area contributed by atoms with Crippen molar-refractivity contribution < 1.29 is 13.5 Å². The molecule has 0 amide bonds. The van der Waals surface area contributed by atoms with E-state index in [1.165, 1.54) is 25.6 Å². The van der Waals surface area contributed by atoms with Crippen molar-refractivity contribution in [3.05, 3.63) is 33.7 Å². The lowest BCUT2D eigenvalue weighted by molar-refractivity contribution is 0.362. The van der Waals surface area contributed by atoms with E-state index in [-0.39, 0.29) is 5.75 Å². The molecular formula is C10H6F2INO. The number of benzene rings is 1. The normalized spacial score (nSPS) is 10.7. The second-order valence-electron chi connectivity index (χ2n) is 2.93. The molecule has 0 unspecified atom stereocenters. The summed E-state index contributed by atoms with van der Waals surface area (Å²) in [5.41, 5.74) is 0. The Morgan fingerprint density at radius 2 is 2.07 bits per heavy atom. The van der Waals surface area contributed by atoms with Crippen molar-refractivity contribution in [2.45, 2.75) is 0 Å². The molecule has 1 aromatic heterocycles. The van der Waals surface area contributed by atoms with E-state index >= 15 is 0 Å². The fourth-order valence-corrected chi connectivity index (χ4v) is 2.11. The smallest absolute Gasteiger partial charge is 0.191 e. The van der Waals surface area contributed by atoms with E-state index in [1.807, 2.05) is 22.6 Å². The van der Waals surface area contributed by atoms with Gasteiger partial charge in [-0.25, -0.2) is 8.78 Å². The summed E-state index contributed by atoms with van der Waals surface area (Å²) in [6.45, 7) is 0. The number of methoxy groups -OCH3 is 1. The summed E-state index contributed by atoms with van der Waals surface area (Å²) in [7, 11) is 1.24. The first-order valence-corrected chi connectivity index (χ1v) is 5.18. The molecule has 2 nitrogen and oxygen atoms in total. The van der Waals surface area contributed by atoms with Crippen molar-refractivity contribution >= 4 is 33.4 Å². The number of ether oxygens (including phenoxy) is 1. The average Bonchev–Trinajstić information content (AvgIpc) is 2.17. The van der Waals surface area contributed by atoms with Gasteiger partial charge in [0.2, 0.25) is 0 Å². The Kier molecular flexibility index (Phi) is 2.72. The second kappa shape index (κ2) is 3.88. The van der Waals surface area contributed by atoms with Crippen LogP contribution >= 0.6 is 22.6 Å². The maximum absolute atomic E-state index is 13.8. The number of nitrogens with zero attached hydrogens (tertiary/aromatic N) is 1. The highest BCUT2D eigenvalue weighted by Crippen LogP contribution is 2.31. The van der Waals surface area contributed by atoms with Gasteiger partial charge in [-0.1, -0.05) is 0 Å². The van der Waals surface area contributed by atoms with Crippen LogP contribution in [0.15, 0.2) is 18.5 Å². The lowest BCUT2D eigenvalue weighted by Crippen LogP contribution is -1.95. The van der Waals surface area contributed by atoms with Gasteiger partial charge in [0, 0.05) is 26.7 Å². The van der Waals surface area contributed by atoms with Crippen LogP contribution in [0, 0.1) is 15.2 Å². The zero-order valence-electron chi connectivity index (χ0n) is 7.72. The van der Waals surface area contributed by atoms with Gasteiger partial charge in [-0.3, -0.25) is 4.98 Å². The van der Waals surface area contributed by atoms with Crippen LogP contribution in [0.4, 0.5) is 8.78 Å². The van der Waals surface area contributed by atoms with Crippen LogP contribution < -0.4 is 4.74 Å². The number of hydrogen-bond acceptors (Lipinski definition) is 2. The molecule has 2 rings (SSSR count). The Balaban J connectivity index is 2.92. The number of hydrogen-bond donors (Lipinski definition) is 0. The third-order valence-corrected chi connectivity index (χ3v) is 2.87. The topological polar surface area (TPSA) is 22.1 Å². The van der Waals surface area contributed by atoms with E-state index in [0.717, 1.165) is 0 Å². The quantitative estimate of drug-likeness (QED) is 0.753. The Labute approximate surface area is 98.4 Å². The van der Waals surface area contributed by atoms with Gasteiger partial charge in [0.1, 0.15) is 0 Å². The van der Waals surface area contributed by atoms with Crippen LogP contribution in [0.5, 0.6) is 5.75 Å². The van der Waals surface area contributed by atoms with E-state index < -0.39 is 11.6 Å². The Bertz CT molecular complexity index is 530. The first-order chi connectivity index (χ1) is 7.15. The third-order valence-electron chi connectivity index (χ3n) is 2.05. The van der Waals surface area contributed by atoms with E-state index in [2.05, 4.69) is 9.72 Å². The van der Waals surface area contributed by atoms with E-state index in [4.69, 9.17) is 0 Å². The maximum Gasteiger partial charge on any atom is 0.191 e. The van der Waals surface area contributed by atoms with Gasteiger partial charge in [-0.05, 0) is 28.7 Å². The molecule has 0 spiro atoms. The molecule has 0 atom stereocenters. The number of fused-ring (bicyclic) bond motifs is 1. The Hall–Kier alpha value is -0.980. The lowest BCUT2D eigenvalue weighted by Gasteiger charge is -2.07. The molecule has 15 heavy (non-hydrogen) atoms. The van der Waals surface area contributed by atoms with Crippen molar-refractivity contribution in [3.8, 4) is 5.75 Å². The standard InChI is InChI=1S/C10H6F2INO/c1-15-10-6(11)2-5-3-14-4-7(13)8(5)9(10)12/h2-4H,1H3. The second-order valence-corrected chi connectivity index (χ2v) is 4.09. The number of aromatic nitrogens is 1. The Morgan fingerprint density at radius 3 is 2.73 bits per heavy atom. The summed E-state index contributed by atoms with van der Waals surface area (Å²) < 4.78 is 32.4. The Morgan fingerprint density at radius 1 is 1.33 bits per heavy atom. The third kappa shape index (κ3) is 1.64. The zero-order chi connectivity index (χ0) is 11.0. The van der Waals surface area contributed by atoms with Crippen LogP contribution in [0.3, 0.4) is 0 Å². The maximum atomic E-state index is 13.8. The molecule has 1 heterocycles. The summed E-state index contributed by atoms with van der Waals surface area (Å²) in [4.78, 5) is 3.87. The fraction of sp³-hybridized carbons (Fsp3) is 0.100. The molecule has 1 aromatic carbocycles. The molecule has 2 aromatic rings. The predicted octanol–water partition coefficient (Wildman–Crippen LogP) is 3.13. The van der Waals surface area contributed by atoms with E-state index in [0.29, 0.717) is 14.3 Å². The molecule has 0 aliphatic rings. The molecule has 0 saturated heterocycles. The van der Waals surface area contributed by atoms with Gasteiger partial charge in [-0.15, -0.1) is 0 Å². The van der Waals surface area contributed by atoms with Crippen LogP contribution in [0.1, 0.15) is 0 Å². The minimum atomic E-state index is -0.716. The molecule has 78 valence electrons. The largest absolute Gasteiger partial charge is 0.491 e. The number of pyridine rings is 1. The van der Waals surface area contributed by atoms with Gasteiger partial charge >= 0.3 is 0 Å². The SMILES string of the molecule is COc1c(F)cc2cncc(I)c2c1F. The molecule has 0 bridgehead atoms. The summed E-state index contributed by atoms with van der Waals surface area (Å²) in [6.07, 6.45) is 2.94. The first-order valence-electron chi connectivity index (χ1n) is 4.10. The fourth-order valence-electron chi connectivity index (χ4n) is 1.40. The molecule has 0 aliphatic heterocycles. The van der Waals surface area contributed by atoms with Crippen LogP contribution in [0.25, 0.3) is 10.8 Å². The summed E-state index contributed by atoms with van der Waals surface area (Å²) in [5, 5.41) is 0.765. The van der Waals surface area contributed by atoms with Crippen molar-refractivity contribution in [2.75, 3.05) is 7.11 Å². The number of rotatable bonds is 1. The highest BCUT2D eigenvalue weighted by molar-refractivity contribution is 14.1. The molecular weight excluding hydrogens is 315 g/mol. The van der Waals surface area contributed by atoms with Gasteiger partial charge in [0.05, 0.1) is 7.11 Å². The summed E-state index contributed by atoms with van der Waals surface area (Å²) >= 11 is 1.95. The van der Waals surface area contributed by atoms with Gasteiger partial charge in [0.25, 0.3) is 0 Å². The minimum Gasteiger partial charge on any atom is -0.491 e. The number of halogens is 3. The van der Waals surface area contributed by atoms with Gasteiger partial charge in [0.15, 0.2) is 17.4 Å². The van der Waals surface area contributed by atoms with Crippen LogP contribution in [-0.2, 0) is 0 Å². The van der Waals surface area contributed by atoms with Gasteiger partial charge < -0.3 is 4.74 Å². The van der Waals surface area contributed by atoms with E-state index in [9.17, 15) is 8.78 Å². The molecule has 0 N–H and O–H groups in total. The molecule has 0 fully saturated rings. The summed E-state index contributed by atoms with van der Waals surface area (Å²) in [6, 6.07) is 1.21. The zero-order valence-corrected chi connectivity index (χ0v) is 9.88. The van der Waals surface area contributed by atoms with Crippen LogP contribution in [0.2, 0.25) is 0 Å². The van der Waals surface area contributed by atoms with Crippen molar-refractivity contribution in [3.63, 3.8) is 0 Å². The van der Waals surface area contributed by atoms with E-state index in [1.54, 1.807) is 0 Å². The van der Waals surface area contributed by atoms with Crippen molar-refractivity contribution in [1.29, 1.82) is 0 Å². The van der Waals surface area contributed by atoms with Crippen LogP contribution in [-0.4, -0.2) is 12.1 Å². The average molecular weight is 321 g/mol. The minimum absolute atomic E-state index is 0.337. The van der Waals surface area contributed by atoms with Gasteiger partial charge in [-0.2, -0.15) is 0 Å². The molecule has 0 aliphatic carbocycles. The van der Waals surface area contributed by atoms with Crippen molar-refractivity contribution in [1.82, 2.24) is 4.98 Å². The molecule has 0 saturated carbocycles. The lowest BCUT2D eigenvalue weighted by atomic mass is 10.1. The first kappa shape index (κ1) is 10.5. The molecule has 5 heteroatoms. The molecule has 0 radical (unpaired) electrons.